The second kappa shape index (κ2) is 8.99. The lowest BCUT2D eigenvalue weighted by Gasteiger charge is -2.23. The van der Waals surface area contributed by atoms with Crippen LogP contribution in [0.1, 0.15) is 39.3 Å². The second-order valence-electron chi connectivity index (χ2n) is 7.17. The van der Waals surface area contributed by atoms with Gasteiger partial charge in [0.25, 0.3) is 5.91 Å². The molecule has 1 aliphatic heterocycles. The molecule has 0 aliphatic carbocycles. The normalized spacial score (nSPS) is 15.7. The van der Waals surface area contributed by atoms with E-state index < -0.39 is 11.7 Å². The Balaban J connectivity index is 1.46. The van der Waals surface area contributed by atoms with E-state index in [0.29, 0.717) is 27.9 Å². The summed E-state index contributed by atoms with van der Waals surface area (Å²) in [6.45, 7) is 2.48. The monoisotopic (exact) mass is 459 g/mol. The van der Waals surface area contributed by atoms with Crippen molar-refractivity contribution in [2.75, 3.05) is 17.2 Å². The minimum absolute atomic E-state index is 0.146. The highest BCUT2D eigenvalue weighted by Crippen LogP contribution is 2.34. The standard InChI is InChI=1S/C21H19ClFN5O2S/c1-12-7-8-16(15(22)10-12)25-21(30)28-9-3-6-17(28)19-26-27-20(31-19)18(29)24-14-5-2-4-13(23)11-14/h2,4-5,7-8,10-11,17H,3,6,9H2,1H3,(H,24,29)(H,25,30). The van der Waals surface area contributed by atoms with E-state index in [1.54, 1.807) is 23.1 Å². The lowest BCUT2D eigenvalue weighted by atomic mass is 10.2. The van der Waals surface area contributed by atoms with Crippen LogP contribution in [0.15, 0.2) is 42.5 Å². The molecule has 1 aliphatic rings. The molecular formula is C21H19ClFN5O2S. The van der Waals surface area contributed by atoms with Crippen molar-refractivity contribution in [2.45, 2.75) is 25.8 Å². The lowest BCUT2D eigenvalue weighted by molar-refractivity contribution is 0.102. The maximum Gasteiger partial charge on any atom is 0.322 e. The van der Waals surface area contributed by atoms with Crippen molar-refractivity contribution < 1.29 is 14.0 Å². The first-order valence-corrected chi connectivity index (χ1v) is 10.8. The largest absolute Gasteiger partial charge is 0.322 e. The van der Waals surface area contributed by atoms with E-state index in [0.717, 1.165) is 29.7 Å². The van der Waals surface area contributed by atoms with Gasteiger partial charge in [-0.15, -0.1) is 10.2 Å². The Bertz CT molecular complexity index is 1140. The maximum absolute atomic E-state index is 13.3. The summed E-state index contributed by atoms with van der Waals surface area (Å²) in [7, 11) is 0. The number of hydrogen-bond donors (Lipinski definition) is 2. The molecule has 160 valence electrons. The zero-order valence-corrected chi connectivity index (χ0v) is 18.1. The van der Waals surface area contributed by atoms with Crippen molar-refractivity contribution in [2.24, 2.45) is 0 Å². The van der Waals surface area contributed by atoms with Crippen LogP contribution in [-0.2, 0) is 0 Å². The van der Waals surface area contributed by atoms with Gasteiger partial charge in [-0.25, -0.2) is 9.18 Å². The van der Waals surface area contributed by atoms with Gasteiger partial charge in [0.15, 0.2) is 0 Å². The van der Waals surface area contributed by atoms with E-state index >= 15 is 0 Å². The maximum atomic E-state index is 13.3. The first kappa shape index (κ1) is 21.2. The van der Waals surface area contributed by atoms with Crippen molar-refractivity contribution >= 4 is 46.3 Å². The van der Waals surface area contributed by atoms with E-state index in [9.17, 15) is 14.0 Å². The van der Waals surface area contributed by atoms with Gasteiger partial charge in [-0.05, 0) is 55.7 Å². The minimum atomic E-state index is -0.477. The summed E-state index contributed by atoms with van der Waals surface area (Å²) < 4.78 is 13.3. The number of rotatable bonds is 4. The molecule has 1 fully saturated rings. The molecule has 0 radical (unpaired) electrons. The van der Waals surface area contributed by atoms with Gasteiger partial charge < -0.3 is 15.5 Å². The van der Waals surface area contributed by atoms with E-state index in [-0.39, 0.29) is 17.1 Å². The van der Waals surface area contributed by atoms with Crippen molar-refractivity contribution in [3.05, 3.63) is 68.9 Å². The van der Waals surface area contributed by atoms with Crippen molar-refractivity contribution in [1.82, 2.24) is 15.1 Å². The number of urea groups is 1. The second-order valence-corrected chi connectivity index (χ2v) is 8.59. The van der Waals surface area contributed by atoms with Gasteiger partial charge in [0, 0.05) is 12.2 Å². The van der Waals surface area contributed by atoms with Crippen LogP contribution in [0.3, 0.4) is 0 Å². The molecule has 1 aromatic heterocycles. The highest BCUT2D eigenvalue weighted by molar-refractivity contribution is 7.13. The number of carbonyl (C=O) groups is 2. The molecule has 1 atom stereocenters. The van der Waals surface area contributed by atoms with Gasteiger partial charge in [0.1, 0.15) is 10.8 Å². The third kappa shape index (κ3) is 4.83. The van der Waals surface area contributed by atoms with Crippen LogP contribution in [0.2, 0.25) is 5.02 Å². The fraction of sp³-hybridized carbons (Fsp3) is 0.238. The average molecular weight is 460 g/mol. The summed E-state index contributed by atoms with van der Waals surface area (Å²) in [6, 6.07) is 10.5. The van der Waals surface area contributed by atoms with Gasteiger partial charge >= 0.3 is 6.03 Å². The topological polar surface area (TPSA) is 87.2 Å². The highest BCUT2D eigenvalue weighted by atomic mass is 35.5. The van der Waals surface area contributed by atoms with Crippen molar-refractivity contribution in [3.63, 3.8) is 0 Å². The smallest absolute Gasteiger partial charge is 0.320 e. The van der Waals surface area contributed by atoms with Gasteiger partial charge in [-0.3, -0.25) is 4.79 Å². The van der Waals surface area contributed by atoms with Gasteiger partial charge in [-0.2, -0.15) is 0 Å². The molecule has 2 heterocycles. The zero-order valence-electron chi connectivity index (χ0n) is 16.6. The number of aryl methyl sites for hydroxylation is 1. The van der Waals surface area contributed by atoms with Crippen molar-refractivity contribution in [1.29, 1.82) is 0 Å². The zero-order chi connectivity index (χ0) is 22.0. The summed E-state index contributed by atoms with van der Waals surface area (Å²) in [5.41, 5.74) is 1.87. The van der Waals surface area contributed by atoms with E-state index in [2.05, 4.69) is 20.8 Å². The Hall–Kier alpha value is -3.04. The molecule has 1 saturated heterocycles. The molecule has 4 rings (SSSR count). The Kier molecular flexibility index (Phi) is 6.15. The summed E-state index contributed by atoms with van der Waals surface area (Å²) in [5, 5.41) is 14.7. The molecule has 0 bridgehead atoms. The molecule has 3 aromatic rings. The lowest BCUT2D eigenvalue weighted by Crippen LogP contribution is -2.34. The summed E-state index contributed by atoms with van der Waals surface area (Å²) >= 11 is 7.35. The number of likely N-dealkylation sites (tertiary alicyclic amines) is 1. The average Bonchev–Trinajstić information content (AvgIpc) is 3.39. The number of amides is 3. The summed E-state index contributed by atoms with van der Waals surface area (Å²) in [6.07, 6.45) is 1.53. The van der Waals surface area contributed by atoms with Gasteiger partial charge in [0.2, 0.25) is 5.01 Å². The molecule has 1 unspecified atom stereocenters. The number of aromatic nitrogens is 2. The van der Waals surface area contributed by atoms with Crippen LogP contribution in [0.5, 0.6) is 0 Å². The van der Waals surface area contributed by atoms with Crippen LogP contribution in [-0.4, -0.2) is 33.6 Å². The SMILES string of the molecule is Cc1ccc(NC(=O)N2CCCC2c2nnc(C(=O)Nc3cccc(F)c3)s2)c(Cl)c1. The molecule has 0 spiro atoms. The van der Waals surface area contributed by atoms with Crippen LogP contribution in [0.4, 0.5) is 20.6 Å². The quantitative estimate of drug-likeness (QED) is 0.557. The molecule has 2 aromatic carbocycles. The molecule has 31 heavy (non-hydrogen) atoms. The number of benzene rings is 2. The van der Waals surface area contributed by atoms with E-state index in [1.807, 2.05) is 13.0 Å². The van der Waals surface area contributed by atoms with Crippen LogP contribution >= 0.6 is 22.9 Å². The number of halogens is 2. The Morgan fingerprint density at radius 1 is 1.19 bits per heavy atom. The summed E-state index contributed by atoms with van der Waals surface area (Å²) in [4.78, 5) is 27.0. The fourth-order valence-corrected chi connectivity index (χ4v) is 4.56. The van der Waals surface area contributed by atoms with Crippen LogP contribution < -0.4 is 10.6 Å². The molecule has 0 saturated carbocycles. The Morgan fingerprint density at radius 2 is 2.03 bits per heavy atom. The van der Waals surface area contributed by atoms with Crippen LogP contribution in [0, 0.1) is 12.7 Å². The third-order valence-corrected chi connectivity index (χ3v) is 6.22. The Labute approximate surface area is 187 Å². The molecular weight excluding hydrogens is 441 g/mol. The molecule has 10 heteroatoms. The highest BCUT2D eigenvalue weighted by Gasteiger charge is 2.33. The number of carbonyl (C=O) groups excluding carboxylic acids is 2. The predicted molar refractivity (Wildman–Crippen MR) is 118 cm³/mol. The number of anilines is 2. The van der Waals surface area contributed by atoms with Crippen molar-refractivity contribution in [3.8, 4) is 0 Å². The molecule has 3 amide bonds. The molecule has 2 N–H and O–H groups in total. The first-order valence-electron chi connectivity index (χ1n) is 9.65. The minimum Gasteiger partial charge on any atom is -0.320 e. The summed E-state index contributed by atoms with van der Waals surface area (Å²) in [5.74, 6) is -0.924. The third-order valence-electron chi connectivity index (χ3n) is 4.88. The fourth-order valence-electron chi connectivity index (χ4n) is 3.39. The number of nitrogens with one attached hydrogen (secondary N) is 2. The Morgan fingerprint density at radius 3 is 2.81 bits per heavy atom. The van der Waals surface area contributed by atoms with E-state index in [4.69, 9.17) is 11.6 Å². The molecule has 7 nitrogen and oxygen atoms in total. The predicted octanol–water partition coefficient (Wildman–Crippen LogP) is 5.26. The van der Waals surface area contributed by atoms with Gasteiger partial charge in [-0.1, -0.05) is 35.1 Å². The first-order chi connectivity index (χ1) is 14.9. The van der Waals surface area contributed by atoms with E-state index in [1.165, 1.54) is 18.2 Å². The van der Waals surface area contributed by atoms with Crippen LogP contribution in [0.25, 0.3) is 0 Å². The van der Waals surface area contributed by atoms with Gasteiger partial charge in [0.05, 0.1) is 16.8 Å². The number of nitrogens with zero attached hydrogens (tertiary/aromatic N) is 3. The number of hydrogen-bond acceptors (Lipinski definition) is 5.